The van der Waals surface area contributed by atoms with Crippen molar-refractivity contribution in [2.75, 3.05) is 6.67 Å². The Kier molecular flexibility index (Phi) is 2.83. The average Bonchev–Trinajstić information content (AvgIpc) is 2.33. The molecule has 68 valence electrons. The maximum atomic E-state index is 5.63. The van der Waals surface area contributed by atoms with Gasteiger partial charge in [-0.25, -0.2) is 4.99 Å². The van der Waals surface area contributed by atoms with Crippen LogP contribution in [-0.2, 0) is 0 Å². The summed E-state index contributed by atoms with van der Waals surface area (Å²) in [6.45, 7) is 2.60. The summed E-state index contributed by atoms with van der Waals surface area (Å²) in [6, 6.07) is 0. The number of hydrogen-bond acceptors (Lipinski definition) is 5. The van der Waals surface area contributed by atoms with Gasteiger partial charge in [0.15, 0.2) is 0 Å². The molecule has 0 spiro atoms. The molecule has 1 atom stereocenters. The summed E-state index contributed by atoms with van der Waals surface area (Å²) in [5.74, 6) is 0.389. The summed E-state index contributed by atoms with van der Waals surface area (Å²) < 4.78 is 0. The van der Waals surface area contributed by atoms with Crippen molar-refractivity contribution < 1.29 is 0 Å². The Morgan fingerprint density at radius 3 is 2.75 bits per heavy atom. The minimum atomic E-state index is -0.562. The smallest absolute Gasteiger partial charge is 0.146 e. The lowest BCUT2D eigenvalue weighted by atomic mass is 10.3. The molecule has 1 aliphatic rings. The van der Waals surface area contributed by atoms with Crippen molar-refractivity contribution in [3.8, 4) is 0 Å². The van der Waals surface area contributed by atoms with E-state index in [0.29, 0.717) is 12.5 Å². The highest BCUT2D eigenvalue weighted by Gasteiger charge is 2.12. The first-order chi connectivity index (χ1) is 5.61. The number of amidine groups is 1. The van der Waals surface area contributed by atoms with E-state index in [1.54, 1.807) is 0 Å². The molecule has 0 saturated carbocycles. The molecule has 0 radical (unpaired) electrons. The number of nitrogens with zero attached hydrogens (tertiary/aromatic N) is 1. The van der Waals surface area contributed by atoms with Crippen LogP contribution >= 0.6 is 12.6 Å². The fraction of sp³-hybridized carbons (Fsp3) is 0.500. The average molecular weight is 187 g/mol. The molecule has 0 fully saturated rings. The van der Waals surface area contributed by atoms with E-state index in [-0.39, 0.29) is 0 Å². The van der Waals surface area contributed by atoms with E-state index in [1.807, 2.05) is 6.92 Å². The van der Waals surface area contributed by atoms with Crippen molar-refractivity contribution in [2.24, 2.45) is 16.5 Å². The highest BCUT2D eigenvalue weighted by molar-refractivity contribution is 7.80. The number of hydrogen-bond donors (Lipinski definition) is 5. The Bertz CT molecular complexity index is 232. The van der Waals surface area contributed by atoms with Crippen LogP contribution < -0.4 is 22.1 Å². The predicted octanol–water partition coefficient (Wildman–Crippen LogP) is -1.10. The summed E-state index contributed by atoms with van der Waals surface area (Å²) in [7, 11) is 0. The molecular weight excluding hydrogens is 174 g/mol. The summed E-state index contributed by atoms with van der Waals surface area (Å²) in [5, 5.41) is 6.10. The molecule has 0 bridgehead atoms. The van der Waals surface area contributed by atoms with Crippen LogP contribution in [0.3, 0.4) is 0 Å². The maximum Gasteiger partial charge on any atom is 0.146 e. The van der Waals surface area contributed by atoms with Gasteiger partial charge in [0.05, 0.1) is 12.4 Å². The normalized spacial score (nSPS) is 20.4. The summed E-state index contributed by atoms with van der Waals surface area (Å²) in [6.07, 6.45) is 0. The molecule has 1 rings (SSSR count). The van der Waals surface area contributed by atoms with Crippen LogP contribution in [0.2, 0.25) is 0 Å². The standard InChI is InChI=1S/C6H13N5S/c1-3-4(10-2-9-3)5(7)11-6(8)12/h6,9-10,12H,2,8H2,1H3,(H2,7,11). The number of rotatable bonds is 2. The van der Waals surface area contributed by atoms with Gasteiger partial charge in [0.2, 0.25) is 0 Å². The van der Waals surface area contributed by atoms with Crippen LogP contribution in [0.1, 0.15) is 6.92 Å². The monoisotopic (exact) mass is 187 g/mol. The number of allylic oxidation sites excluding steroid dienone is 1. The lowest BCUT2D eigenvalue weighted by Crippen LogP contribution is -2.27. The van der Waals surface area contributed by atoms with Gasteiger partial charge in [0, 0.05) is 5.70 Å². The molecule has 0 aromatic heterocycles. The number of nitrogens with one attached hydrogen (secondary N) is 2. The van der Waals surface area contributed by atoms with Gasteiger partial charge in [0.25, 0.3) is 0 Å². The molecule has 0 aliphatic carbocycles. The zero-order chi connectivity index (χ0) is 9.14. The van der Waals surface area contributed by atoms with Crippen molar-refractivity contribution >= 4 is 18.5 Å². The quantitative estimate of drug-likeness (QED) is 0.164. The van der Waals surface area contributed by atoms with E-state index in [0.717, 1.165) is 11.4 Å². The summed E-state index contributed by atoms with van der Waals surface area (Å²) in [4.78, 5) is 3.89. The van der Waals surface area contributed by atoms with Crippen LogP contribution in [0.15, 0.2) is 16.4 Å². The molecule has 0 aromatic carbocycles. The van der Waals surface area contributed by atoms with Gasteiger partial charge in [-0.1, -0.05) is 0 Å². The molecule has 6 N–H and O–H groups in total. The first-order valence-corrected chi connectivity index (χ1v) is 4.09. The Labute approximate surface area is 76.7 Å². The van der Waals surface area contributed by atoms with Gasteiger partial charge in [0.1, 0.15) is 11.3 Å². The lowest BCUT2D eigenvalue weighted by molar-refractivity contribution is 0.805. The third-order valence-corrected chi connectivity index (χ3v) is 1.64. The zero-order valence-corrected chi connectivity index (χ0v) is 7.73. The predicted molar refractivity (Wildman–Crippen MR) is 52.4 cm³/mol. The van der Waals surface area contributed by atoms with Gasteiger partial charge in [-0.15, -0.1) is 12.6 Å². The van der Waals surface area contributed by atoms with Crippen molar-refractivity contribution in [1.82, 2.24) is 10.6 Å². The second kappa shape index (κ2) is 3.68. The summed E-state index contributed by atoms with van der Waals surface area (Å²) in [5.41, 5.74) is 12.2. The lowest BCUT2D eigenvalue weighted by Gasteiger charge is -2.04. The second-order valence-corrected chi connectivity index (χ2v) is 2.99. The fourth-order valence-corrected chi connectivity index (χ4v) is 1.10. The van der Waals surface area contributed by atoms with Crippen molar-refractivity contribution in [2.45, 2.75) is 12.4 Å². The molecule has 1 heterocycles. The topological polar surface area (TPSA) is 88.5 Å². The van der Waals surface area contributed by atoms with Crippen LogP contribution in [0.4, 0.5) is 0 Å². The Morgan fingerprint density at radius 2 is 2.33 bits per heavy atom. The first kappa shape index (κ1) is 9.21. The van der Waals surface area contributed by atoms with E-state index in [4.69, 9.17) is 11.5 Å². The van der Waals surface area contributed by atoms with E-state index < -0.39 is 5.50 Å². The minimum Gasteiger partial charge on any atom is -0.382 e. The number of thiol groups is 1. The van der Waals surface area contributed by atoms with Crippen LogP contribution in [0.25, 0.3) is 0 Å². The van der Waals surface area contributed by atoms with Crippen molar-refractivity contribution in [1.29, 1.82) is 0 Å². The van der Waals surface area contributed by atoms with E-state index in [2.05, 4.69) is 28.3 Å². The Morgan fingerprint density at radius 1 is 1.67 bits per heavy atom. The zero-order valence-electron chi connectivity index (χ0n) is 6.83. The van der Waals surface area contributed by atoms with E-state index >= 15 is 0 Å². The van der Waals surface area contributed by atoms with E-state index in [9.17, 15) is 0 Å². The molecule has 1 unspecified atom stereocenters. The molecule has 0 aromatic rings. The SMILES string of the molecule is CC1=C(C(N)=NC(N)S)NCN1. The highest BCUT2D eigenvalue weighted by atomic mass is 32.1. The second-order valence-electron chi connectivity index (χ2n) is 2.46. The third kappa shape index (κ3) is 2.05. The molecule has 6 heteroatoms. The van der Waals surface area contributed by atoms with Crippen molar-refractivity contribution in [3.05, 3.63) is 11.4 Å². The van der Waals surface area contributed by atoms with Crippen LogP contribution in [0.5, 0.6) is 0 Å². The van der Waals surface area contributed by atoms with Gasteiger partial charge >= 0.3 is 0 Å². The first-order valence-electron chi connectivity index (χ1n) is 3.57. The van der Waals surface area contributed by atoms with Gasteiger partial charge in [-0.2, -0.15) is 0 Å². The van der Waals surface area contributed by atoms with Crippen LogP contribution in [-0.4, -0.2) is 18.0 Å². The molecule has 0 amide bonds. The fourth-order valence-electron chi connectivity index (χ4n) is 0.976. The molecule has 0 saturated heterocycles. The van der Waals surface area contributed by atoms with Crippen molar-refractivity contribution in [3.63, 3.8) is 0 Å². The Balaban J connectivity index is 2.76. The molecular formula is C6H13N5S. The largest absolute Gasteiger partial charge is 0.382 e. The maximum absolute atomic E-state index is 5.63. The Hall–Kier alpha value is -0.880. The molecule has 1 aliphatic heterocycles. The molecule has 12 heavy (non-hydrogen) atoms. The van der Waals surface area contributed by atoms with Gasteiger partial charge < -0.3 is 22.1 Å². The van der Waals surface area contributed by atoms with Gasteiger partial charge in [-0.3, -0.25) is 0 Å². The number of aliphatic imine (C=N–C) groups is 1. The molecule has 5 nitrogen and oxygen atoms in total. The minimum absolute atomic E-state index is 0.389. The highest BCUT2D eigenvalue weighted by Crippen LogP contribution is 2.03. The van der Waals surface area contributed by atoms with E-state index in [1.165, 1.54) is 0 Å². The summed E-state index contributed by atoms with van der Waals surface area (Å²) >= 11 is 3.90. The number of nitrogens with two attached hydrogens (primary N) is 2. The third-order valence-electron chi connectivity index (χ3n) is 1.52. The van der Waals surface area contributed by atoms with Crippen LogP contribution in [0, 0.1) is 0 Å². The van der Waals surface area contributed by atoms with Gasteiger partial charge in [-0.05, 0) is 6.92 Å².